The Morgan fingerprint density at radius 1 is 1.15 bits per heavy atom. The molecule has 9 nitrogen and oxygen atoms in total. The van der Waals surface area contributed by atoms with Gasteiger partial charge in [-0.15, -0.1) is 0 Å². The Morgan fingerprint density at radius 2 is 1.90 bits per heavy atom. The number of para-hydroxylation sites is 1. The highest BCUT2D eigenvalue weighted by molar-refractivity contribution is 6.02. The predicted octanol–water partition coefficient (Wildman–Crippen LogP) is 5.43. The molecule has 9 heteroatoms. The van der Waals surface area contributed by atoms with Crippen LogP contribution in [0.5, 0.6) is 5.75 Å². The molecule has 0 aliphatic heterocycles. The van der Waals surface area contributed by atoms with Crippen LogP contribution in [0.3, 0.4) is 0 Å². The van der Waals surface area contributed by atoms with Crippen LogP contribution >= 0.6 is 0 Å². The minimum Gasteiger partial charge on any atom is -0.494 e. The first-order valence-corrected chi connectivity index (χ1v) is 13.8. The minimum atomic E-state index is -0.272. The van der Waals surface area contributed by atoms with E-state index >= 15 is 0 Å². The number of carbonyl (C=O) groups is 1. The second-order valence-corrected chi connectivity index (χ2v) is 11.9. The van der Waals surface area contributed by atoms with Gasteiger partial charge in [-0.2, -0.15) is 0 Å². The molecule has 3 aliphatic carbocycles. The summed E-state index contributed by atoms with van der Waals surface area (Å²) in [5.41, 5.74) is 5.71. The number of anilines is 4. The predicted molar refractivity (Wildman–Crippen MR) is 165 cm³/mol. The monoisotopic (exact) mass is 551 g/mol. The lowest BCUT2D eigenvalue weighted by molar-refractivity contribution is -0.143. The molecule has 4 aromatic rings. The third kappa shape index (κ3) is 4.60. The zero-order valence-corrected chi connectivity index (χ0v) is 24.4. The maximum Gasteiger partial charge on any atom is 0.247 e. The summed E-state index contributed by atoms with van der Waals surface area (Å²) in [6.45, 7) is 4.75. The number of amides is 1. The van der Waals surface area contributed by atoms with E-state index in [1.807, 2.05) is 37.4 Å². The van der Waals surface area contributed by atoms with Crippen molar-refractivity contribution in [1.82, 2.24) is 19.4 Å². The maximum absolute atomic E-state index is 12.5. The van der Waals surface area contributed by atoms with Crippen molar-refractivity contribution in [2.24, 2.45) is 12.5 Å². The van der Waals surface area contributed by atoms with Crippen LogP contribution in [-0.4, -0.2) is 65.7 Å². The number of nitrogens with zero attached hydrogens (tertiary/aromatic N) is 5. The molecule has 2 bridgehead atoms. The van der Waals surface area contributed by atoms with Crippen molar-refractivity contribution in [2.75, 3.05) is 50.3 Å². The summed E-state index contributed by atoms with van der Waals surface area (Å²) in [6, 6.07) is 14.0. The van der Waals surface area contributed by atoms with Crippen LogP contribution in [0.15, 0.2) is 67.5 Å². The standard InChI is InChI=1S/C32H37N7O2/c1-7-29(40)34-24-14-25(28(41-6)15-27(24)39(5)32-17-31(18-32,19-32)20-37(2)3)36-30-33-13-12-23(35-30)22-16-38(4)26-11-9-8-10-21(22)26/h7-16H,1,17-20H2,2-6H3,(H,34,40)(H,33,35,36). The molecule has 0 saturated heterocycles. The van der Waals surface area contributed by atoms with Gasteiger partial charge in [-0.25, -0.2) is 9.97 Å². The number of aryl methyl sites for hydroxylation is 1. The number of carbonyl (C=O) groups excluding carboxylic acids is 1. The van der Waals surface area contributed by atoms with E-state index in [0.717, 1.165) is 53.7 Å². The molecule has 41 heavy (non-hydrogen) atoms. The fourth-order valence-electron chi connectivity index (χ4n) is 7.02. The van der Waals surface area contributed by atoms with Gasteiger partial charge in [0.15, 0.2) is 0 Å². The highest BCUT2D eigenvalue weighted by Crippen LogP contribution is 2.70. The van der Waals surface area contributed by atoms with E-state index in [2.05, 4.69) is 76.0 Å². The number of hydrogen-bond donors (Lipinski definition) is 2. The van der Waals surface area contributed by atoms with Crippen LogP contribution in [0.2, 0.25) is 0 Å². The maximum atomic E-state index is 12.5. The van der Waals surface area contributed by atoms with Crippen molar-refractivity contribution >= 4 is 39.8 Å². The number of hydrogen-bond acceptors (Lipinski definition) is 7. The Kier molecular flexibility index (Phi) is 6.49. The Bertz CT molecular complexity index is 1640. The first kappa shape index (κ1) is 26.8. The second kappa shape index (κ2) is 9.92. The van der Waals surface area contributed by atoms with Crippen LogP contribution in [0.25, 0.3) is 22.2 Å². The fraction of sp³-hybridized carbons (Fsp3) is 0.344. The van der Waals surface area contributed by atoms with Crippen molar-refractivity contribution in [3.63, 3.8) is 0 Å². The van der Waals surface area contributed by atoms with E-state index < -0.39 is 0 Å². The van der Waals surface area contributed by atoms with Crippen LogP contribution in [0, 0.1) is 5.41 Å². The van der Waals surface area contributed by atoms with E-state index in [4.69, 9.17) is 9.72 Å². The topological polar surface area (TPSA) is 87.5 Å². The van der Waals surface area contributed by atoms with Gasteiger partial charge in [0.1, 0.15) is 5.75 Å². The molecule has 0 spiro atoms. The molecule has 2 N–H and O–H groups in total. The summed E-state index contributed by atoms with van der Waals surface area (Å²) in [6.07, 6.45) is 8.53. The molecular weight excluding hydrogens is 514 g/mol. The van der Waals surface area contributed by atoms with E-state index in [-0.39, 0.29) is 11.4 Å². The van der Waals surface area contributed by atoms with Crippen LogP contribution < -0.4 is 20.3 Å². The summed E-state index contributed by atoms with van der Waals surface area (Å²) in [4.78, 5) is 26.4. The highest BCUT2D eigenvalue weighted by Gasteiger charge is 2.69. The Morgan fingerprint density at radius 3 is 2.61 bits per heavy atom. The van der Waals surface area contributed by atoms with Gasteiger partial charge in [-0.1, -0.05) is 24.8 Å². The molecule has 2 aromatic heterocycles. The zero-order chi connectivity index (χ0) is 28.9. The number of ether oxygens (including phenoxy) is 1. The van der Waals surface area contributed by atoms with Gasteiger partial charge in [0, 0.05) is 61.1 Å². The second-order valence-electron chi connectivity index (χ2n) is 11.9. The summed E-state index contributed by atoms with van der Waals surface area (Å²) >= 11 is 0. The van der Waals surface area contributed by atoms with Gasteiger partial charge in [-0.05, 0) is 63.0 Å². The van der Waals surface area contributed by atoms with Crippen molar-refractivity contribution in [3.8, 4) is 17.0 Å². The van der Waals surface area contributed by atoms with Gasteiger partial charge in [0.25, 0.3) is 0 Å². The normalized spacial score (nSPS) is 20.7. The van der Waals surface area contributed by atoms with Gasteiger partial charge in [-0.3, -0.25) is 4.79 Å². The highest BCUT2D eigenvalue weighted by atomic mass is 16.5. The van der Waals surface area contributed by atoms with Crippen LogP contribution in [-0.2, 0) is 11.8 Å². The Hall–Kier alpha value is -4.37. The first-order chi connectivity index (χ1) is 19.7. The number of aromatic nitrogens is 3. The van der Waals surface area contributed by atoms with Crippen molar-refractivity contribution in [3.05, 3.63) is 67.5 Å². The molecule has 3 fully saturated rings. The van der Waals surface area contributed by atoms with E-state index in [1.165, 1.54) is 6.08 Å². The molecule has 3 aliphatic rings. The summed E-state index contributed by atoms with van der Waals surface area (Å²) in [7, 11) is 10.1. The third-order valence-electron chi connectivity index (χ3n) is 8.67. The van der Waals surface area contributed by atoms with Gasteiger partial charge < -0.3 is 29.7 Å². The van der Waals surface area contributed by atoms with Crippen molar-refractivity contribution in [1.29, 1.82) is 0 Å². The van der Waals surface area contributed by atoms with Gasteiger partial charge >= 0.3 is 0 Å². The summed E-state index contributed by atoms with van der Waals surface area (Å²) < 4.78 is 7.93. The lowest BCUT2D eigenvalue weighted by atomic mass is 9.38. The number of benzene rings is 2. The van der Waals surface area contributed by atoms with Gasteiger partial charge in [0.2, 0.25) is 11.9 Å². The van der Waals surface area contributed by atoms with Crippen molar-refractivity contribution in [2.45, 2.75) is 24.8 Å². The molecule has 212 valence electrons. The largest absolute Gasteiger partial charge is 0.494 e. The van der Waals surface area contributed by atoms with Crippen LogP contribution in [0.4, 0.5) is 23.0 Å². The molecule has 7 rings (SSSR count). The first-order valence-electron chi connectivity index (χ1n) is 13.8. The molecule has 0 unspecified atom stereocenters. The quantitative estimate of drug-likeness (QED) is 0.254. The Labute approximate surface area is 240 Å². The average Bonchev–Trinajstić information content (AvgIpc) is 3.26. The number of methoxy groups -OCH3 is 1. The SMILES string of the molecule is C=CC(=O)Nc1cc(Nc2nccc(-c3cn(C)c4ccccc34)n2)c(OC)cc1N(C)C12CC(CN(C)C)(C1)C2. The molecule has 2 heterocycles. The molecule has 1 amide bonds. The zero-order valence-electron chi connectivity index (χ0n) is 24.4. The smallest absolute Gasteiger partial charge is 0.247 e. The van der Waals surface area contributed by atoms with Crippen molar-refractivity contribution < 1.29 is 9.53 Å². The molecule has 3 saturated carbocycles. The fourth-order valence-corrected chi connectivity index (χ4v) is 7.02. The summed E-state index contributed by atoms with van der Waals surface area (Å²) in [5, 5.41) is 7.47. The minimum absolute atomic E-state index is 0.0967. The number of rotatable bonds is 10. The van der Waals surface area contributed by atoms with Gasteiger partial charge in [0.05, 0.1) is 29.9 Å². The van der Waals surface area contributed by atoms with Crippen LogP contribution in [0.1, 0.15) is 19.3 Å². The number of fused-ring (bicyclic) bond motifs is 1. The molecule has 2 aromatic carbocycles. The average molecular weight is 552 g/mol. The summed E-state index contributed by atoms with van der Waals surface area (Å²) in [5.74, 6) is 0.796. The molecule has 0 radical (unpaired) electrons. The van der Waals surface area contributed by atoms with E-state index in [1.54, 1.807) is 13.3 Å². The van der Waals surface area contributed by atoms with E-state index in [0.29, 0.717) is 28.5 Å². The molecule has 0 atom stereocenters. The third-order valence-corrected chi connectivity index (χ3v) is 8.67. The molecular formula is C32H37N7O2. The van der Waals surface area contributed by atoms with E-state index in [9.17, 15) is 4.79 Å². The lowest BCUT2D eigenvalue weighted by Gasteiger charge is -2.74. The number of nitrogens with one attached hydrogen (secondary N) is 2. The Balaban J connectivity index is 1.32. The lowest BCUT2D eigenvalue weighted by Crippen LogP contribution is -2.76.